The highest BCUT2D eigenvalue weighted by Crippen LogP contribution is 2.34. The monoisotopic (exact) mass is 423 g/mol. The average molecular weight is 424 g/mol. The molecule has 28 heavy (non-hydrogen) atoms. The van der Waals surface area contributed by atoms with Gasteiger partial charge in [0.25, 0.3) is 0 Å². The van der Waals surface area contributed by atoms with E-state index in [4.69, 9.17) is 32.8 Å². The van der Waals surface area contributed by atoms with Gasteiger partial charge in [0.2, 0.25) is 5.88 Å². The lowest BCUT2D eigenvalue weighted by Gasteiger charge is -2.17. The smallest absolute Gasteiger partial charge is 0.217 e. The predicted molar refractivity (Wildman–Crippen MR) is 103 cm³/mol. The minimum Gasteiger partial charge on any atom is -0.470 e. The van der Waals surface area contributed by atoms with Gasteiger partial charge in [-0.2, -0.15) is 10.1 Å². The van der Waals surface area contributed by atoms with Crippen LogP contribution < -0.4 is 10.2 Å². The van der Waals surface area contributed by atoms with Gasteiger partial charge in [-0.05, 0) is 32.9 Å². The molecule has 2 aromatic heterocycles. The molecular weight excluding hydrogens is 408 g/mol. The summed E-state index contributed by atoms with van der Waals surface area (Å²) >= 11 is 12.2. The molecule has 1 aromatic carbocycles. The van der Waals surface area contributed by atoms with Crippen LogP contribution in [0.5, 0.6) is 5.88 Å². The highest BCUT2D eigenvalue weighted by atomic mass is 35.5. The number of ether oxygens (including phenoxy) is 1. The number of hydroxylamine groups is 1. The molecule has 0 bridgehead atoms. The summed E-state index contributed by atoms with van der Waals surface area (Å²) in [7, 11) is 0. The Balaban J connectivity index is 1.67. The highest BCUT2D eigenvalue weighted by Gasteiger charge is 2.28. The van der Waals surface area contributed by atoms with E-state index in [1.165, 1.54) is 12.1 Å². The first-order valence-electron chi connectivity index (χ1n) is 8.44. The number of aromatic nitrogens is 3. The maximum atomic E-state index is 13.8. The Morgan fingerprint density at radius 2 is 2.07 bits per heavy atom. The van der Waals surface area contributed by atoms with Crippen molar-refractivity contribution in [2.24, 2.45) is 4.99 Å². The number of nitrogens with zero attached hydrogens (tertiary/aromatic N) is 4. The van der Waals surface area contributed by atoms with Gasteiger partial charge in [-0.1, -0.05) is 23.2 Å². The molecule has 146 valence electrons. The second-order valence-electron chi connectivity index (χ2n) is 6.72. The Bertz CT molecular complexity index is 1100. The normalized spacial score (nSPS) is 16.7. The Labute approximate surface area is 170 Å². The number of rotatable bonds is 4. The second-order valence-corrected chi connectivity index (χ2v) is 7.51. The molecule has 0 saturated heterocycles. The third kappa shape index (κ3) is 3.39. The van der Waals surface area contributed by atoms with Crippen LogP contribution >= 0.6 is 23.2 Å². The first-order valence-corrected chi connectivity index (χ1v) is 9.19. The van der Waals surface area contributed by atoms with E-state index >= 15 is 0 Å². The summed E-state index contributed by atoms with van der Waals surface area (Å²) < 4.78 is 21.3. The van der Waals surface area contributed by atoms with E-state index in [0.29, 0.717) is 33.5 Å². The van der Waals surface area contributed by atoms with Gasteiger partial charge >= 0.3 is 0 Å². The molecular formula is C18H16Cl2FN5O2. The van der Waals surface area contributed by atoms with E-state index in [-0.39, 0.29) is 5.02 Å². The fourth-order valence-corrected chi connectivity index (χ4v) is 3.52. The van der Waals surface area contributed by atoms with Crippen molar-refractivity contribution >= 4 is 34.7 Å². The number of benzene rings is 1. The quantitative estimate of drug-likeness (QED) is 0.632. The number of hydrogen-bond acceptors (Lipinski definition) is 6. The molecule has 1 atom stereocenters. The molecule has 0 radical (unpaired) electrons. The minimum atomic E-state index is -0.683. The lowest BCUT2D eigenvalue weighted by atomic mass is 10.1. The van der Waals surface area contributed by atoms with Crippen molar-refractivity contribution in [3.8, 4) is 5.88 Å². The van der Waals surface area contributed by atoms with Crippen LogP contribution in [-0.4, -0.2) is 26.2 Å². The van der Waals surface area contributed by atoms with Gasteiger partial charge in [0.05, 0.1) is 16.8 Å². The summed E-state index contributed by atoms with van der Waals surface area (Å²) in [5.74, 6) is 0.261. The molecule has 0 amide bonds. The second kappa shape index (κ2) is 6.88. The van der Waals surface area contributed by atoms with Crippen LogP contribution in [0.25, 0.3) is 5.65 Å². The Hall–Kier alpha value is -2.42. The van der Waals surface area contributed by atoms with Gasteiger partial charge in [0.1, 0.15) is 11.9 Å². The summed E-state index contributed by atoms with van der Waals surface area (Å²) in [5, 5.41) is 4.50. The van der Waals surface area contributed by atoms with Crippen LogP contribution in [0.3, 0.4) is 0 Å². The van der Waals surface area contributed by atoms with E-state index < -0.39 is 17.6 Å². The van der Waals surface area contributed by atoms with Crippen LogP contribution in [0.2, 0.25) is 10.0 Å². The summed E-state index contributed by atoms with van der Waals surface area (Å²) in [4.78, 5) is 14.4. The summed E-state index contributed by atoms with van der Waals surface area (Å²) in [5.41, 5.74) is 3.64. The number of nitrogens with one attached hydrogen (secondary N) is 1. The molecule has 3 aromatic rings. The number of fused-ring (bicyclic) bond motifs is 1. The number of halogens is 3. The molecule has 0 fully saturated rings. The molecule has 1 unspecified atom stereocenters. The summed E-state index contributed by atoms with van der Waals surface area (Å²) in [6.45, 7) is 5.37. The maximum absolute atomic E-state index is 13.8. The lowest BCUT2D eigenvalue weighted by Crippen LogP contribution is -2.23. The van der Waals surface area contributed by atoms with Crippen molar-refractivity contribution in [2.45, 2.75) is 32.6 Å². The standard InChI is InChI=1S/C18H16Cl2FN5O2/c1-9(14-11(19)4-5-12(21)15(14)20)27-13-6-7-26-17(23-13)10(8-22-26)16-24-18(2,3)28-25-16/h4-9H,1-3H3,(H,24,25). The third-order valence-electron chi connectivity index (χ3n) is 4.16. The van der Waals surface area contributed by atoms with Crippen LogP contribution in [0.4, 0.5) is 4.39 Å². The number of hydrogen-bond donors (Lipinski definition) is 1. The SMILES string of the molecule is CC(Oc1ccn2ncc(C3=NC(C)(C)ON3)c2n1)c1c(Cl)ccc(F)c1Cl. The average Bonchev–Trinajstić information content (AvgIpc) is 3.21. The Morgan fingerprint density at radius 1 is 1.29 bits per heavy atom. The van der Waals surface area contributed by atoms with E-state index in [1.807, 2.05) is 13.8 Å². The number of aliphatic imine (C=N–C) groups is 1. The zero-order valence-corrected chi connectivity index (χ0v) is 16.7. The van der Waals surface area contributed by atoms with E-state index in [9.17, 15) is 4.39 Å². The summed E-state index contributed by atoms with van der Waals surface area (Å²) in [6.07, 6.45) is 2.71. The minimum absolute atomic E-state index is 0.0741. The van der Waals surface area contributed by atoms with Crippen LogP contribution in [-0.2, 0) is 4.84 Å². The molecule has 1 aliphatic heterocycles. The fourth-order valence-electron chi connectivity index (χ4n) is 2.84. The van der Waals surface area contributed by atoms with Gasteiger partial charge < -0.3 is 4.74 Å². The van der Waals surface area contributed by atoms with Crippen molar-refractivity contribution in [3.05, 3.63) is 57.6 Å². The molecule has 1 aliphatic rings. The Morgan fingerprint density at radius 3 is 2.79 bits per heavy atom. The summed E-state index contributed by atoms with van der Waals surface area (Å²) in [6, 6.07) is 4.30. The van der Waals surface area contributed by atoms with Gasteiger partial charge in [-0.15, -0.1) is 0 Å². The lowest BCUT2D eigenvalue weighted by molar-refractivity contribution is -0.0269. The predicted octanol–water partition coefficient (Wildman–Crippen LogP) is 4.33. The number of amidine groups is 1. The van der Waals surface area contributed by atoms with Crippen molar-refractivity contribution in [2.75, 3.05) is 0 Å². The molecule has 10 heteroatoms. The first kappa shape index (κ1) is 18.9. The van der Waals surface area contributed by atoms with Crippen molar-refractivity contribution in [3.63, 3.8) is 0 Å². The molecule has 4 rings (SSSR count). The third-order valence-corrected chi connectivity index (χ3v) is 4.87. The molecule has 0 spiro atoms. The Kier molecular flexibility index (Phi) is 4.65. The van der Waals surface area contributed by atoms with Crippen LogP contribution in [0.1, 0.15) is 38.0 Å². The fraction of sp³-hybridized carbons (Fsp3) is 0.278. The van der Waals surface area contributed by atoms with Gasteiger partial charge in [-0.25, -0.2) is 24.2 Å². The van der Waals surface area contributed by atoms with E-state index in [2.05, 4.69) is 20.6 Å². The molecule has 1 N–H and O–H groups in total. The van der Waals surface area contributed by atoms with Gasteiger partial charge in [0, 0.05) is 22.8 Å². The van der Waals surface area contributed by atoms with Gasteiger partial charge in [-0.3, -0.25) is 0 Å². The van der Waals surface area contributed by atoms with Crippen LogP contribution in [0, 0.1) is 5.82 Å². The van der Waals surface area contributed by atoms with E-state index in [1.54, 1.807) is 29.9 Å². The molecule has 3 heterocycles. The highest BCUT2D eigenvalue weighted by molar-refractivity contribution is 6.36. The zero-order valence-electron chi connectivity index (χ0n) is 15.2. The first-order chi connectivity index (χ1) is 13.2. The van der Waals surface area contributed by atoms with Crippen molar-refractivity contribution in [1.82, 2.24) is 20.1 Å². The maximum Gasteiger partial charge on any atom is 0.217 e. The van der Waals surface area contributed by atoms with Gasteiger partial charge in [0.15, 0.2) is 17.2 Å². The van der Waals surface area contributed by atoms with Crippen molar-refractivity contribution in [1.29, 1.82) is 0 Å². The topological polar surface area (TPSA) is 73.0 Å². The van der Waals surface area contributed by atoms with Crippen LogP contribution in [0.15, 0.2) is 35.6 Å². The van der Waals surface area contributed by atoms with Crippen molar-refractivity contribution < 1.29 is 14.0 Å². The molecule has 0 saturated carbocycles. The molecule has 7 nitrogen and oxygen atoms in total. The largest absolute Gasteiger partial charge is 0.470 e. The van der Waals surface area contributed by atoms with E-state index in [0.717, 1.165) is 0 Å². The molecule has 0 aliphatic carbocycles. The zero-order chi connectivity index (χ0) is 20.1.